The smallest absolute Gasteiger partial charge is 0.232 e. The molecule has 0 radical (unpaired) electrons. The molecule has 1 aromatic carbocycles. The Morgan fingerprint density at radius 3 is 2.42 bits per heavy atom. The molecule has 2 aromatic heterocycles. The van der Waals surface area contributed by atoms with Gasteiger partial charge < -0.3 is 9.80 Å². The van der Waals surface area contributed by atoms with Crippen LogP contribution in [0, 0.1) is 13.8 Å². The van der Waals surface area contributed by atoms with E-state index >= 15 is 0 Å². The van der Waals surface area contributed by atoms with E-state index in [0.29, 0.717) is 19.5 Å². The first-order valence-electron chi connectivity index (χ1n) is 9.01. The number of aromatic nitrogens is 3. The third-order valence-corrected chi connectivity index (χ3v) is 5.00. The molecular weight excluding hydrogens is 326 g/mol. The summed E-state index contributed by atoms with van der Waals surface area (Å²) in [4.78, 5) is 16.7. The van der Waals surface area contributed by atoms with E-state index in [1.807, 2.05) is 29.2 Å². The molecular formula is C20H23N5O. The Bertz CT molecular complexity index is 923. The summed E-state index contributed by atoms with van der Waals surface area (Å²) in [5.74, 6) is 1.06. The van der Waals surface area contributed by atoms with Gasteiger partial charge in [-0.3, -0.25) is 9.20 Å². The van der Waals surface area contributed by atoms with E-state index in [-0.39, 0.29) is 5.91 Å². The monoisotopic (exact) mass is 349 g/mol. The zero-order chi connectivity index (χ0) is 18.1. The van der Waals surface area contributed by atoms with Crippen LogP contribution in [0.3, 0.4) is 0 Å². The molecule has 1 amide bonds. The number of piperazine rings is 1. The Morgan fingerprint density at radius 1 is 0.962 bits per heavy atom. The molecule has 4 rings (SSSR count). The molecule has 3 heterocycles. The van der Waals surface area contributed by atoms with Gasteiger partial charge in [0.25, 0.3) is 0 Å². The summed E-state index contributed by atoms with van der Waals surface area (Å²) >= 11 is 0. The molecule has 26 heavy (non-hydrogen) atoms. The van der Waals surface area contributed by atoms with E-state index in [2.05, 4.69) is 51.5 Å². The Kier molecular flexibility index (Phi) is 4.32. The highest BCUT2D eigenvalue weighted by atomic mass is 16.2. The van der Waals surface area contributed by atoms with E-state index in [9.17, 15) is 4.79 Å². The van der Waals surface area contributed by atoms with Gasteiger partial charge in [-0.05, 0) is 31.5 Å². The number of carbonyl (C=O) groups is 1. The number of pyridine rings is 1. The predicted octanol–water partition coefficient (Wildman–Crippen LogP) is 2.24. The Labute approximate surface area is 153 Å². The van der Waals surface area contributed by atoms with Crippen LogP contribution in [-0.4, -0.2) is 51.6 Å². The molecule has 6 heteroatoms. The lowest BCUT2D eigenvalue weighted by Crippen LogP contribution is -2.49. The number of anilines is 1. The average Bonchev–Trinajstić information content (AvgIpc) is 3.09. The van der Waals surface area contributed by atoms with Crippen LogP contribution in [0.25, 0.3) is 5.65 Å². The summed E-state index contributed by atoms with van der Waals surface area (Å²) in [5, 5.41) is 8.62. The average molecular weight is 349 g/mol. The topological polar surface area (TPSA) is 53.7 Å². The molecule has 1 aliphatic heterocycles. The van der Waals surface area contributed by atoms with Crippen LogP contribution in [0.15, 0.2) is 42.5 Å². The minimum atomic E-state index is 0.191. The van der Waals surface area contributed by atoms with Crippen LogP contribution in [-0.2, 0) is 11.2 Å². The van der Waals surface area contributed by atoms with Gasteiger partial charge in [0.15, 0.2) is 5.65 Å². The summed E-state index contributed by atoms with van der Waals surface area (Å²) < 4.78 is 2.07. The highest BCUT2D eigenvalue weighted by Crippen LogP contribution is 2.18. The number of amides is 1. The quantitative estimate of drug-likeness (QED) is 0.728. The summed E-state index contributed by atoms with van der Waals surface area (Å²) in [7, 11) is 0. The SMILES string of the molecule is Cc1ccc(CC(=O)N2CCN(c3nnc4cccc(C)n34)CC2)cc1. The fraction of sp³-hybridized carbons (Fsp3) is 0.350. The summed E-state index contributed by atoms with van der Waals surface area (Å²) in [6, 6.07) is 14.2. The molecule has 134 valence electrons. The van der Waals surface area contributed by atoms with Gasteiger partial charge >= 0.3 is 0 Å². The molecule has 0 atom stereocenters. The minimum Gasteiger partial charge on any atom is -0.339 e. The van der Waals surface area contributed by atoms with Gasteiger partial charge in [0, 0.05) is 31.9 Å². The van der Waals surface area contributed by atoms with Crippen LogP contribution in [0.1, 0.15) is 16.8 Å². The lowest BCUT2D eigenvalue weighted by molar-refractivity contribution is -0.130. The maximum absolute atomic E-state index is 12.6. The second-order valence-corrected chi connectivity index (χ2v) is 6.89. The van der Waals surface area contributed by atoms with Gasteiger partial charge in [0.1, 0.15) is 0 Å². The second-order valence-electron chi connectivity index (χ2n) is 6.89. The lowest BCUT2D eigenvalue weighted by atomic mass is 10.1. The van der Waals surface area contributed by atoms with Crippen molar-refractivity contribution in [2.45, 2.75) is 20.3 Å². The number of aryl methyl sites for hydroxylation is 2. The van der Waals surface area contributed by atoms with Crippen molar-refractivity contribution in [3.63, 3.8) is 0 Å². The summed E-state index contributed by atoms with van der Waals surface area (Å²) in [6.45, 7) is 7.09. The highest BCUT2D eigenvalue weighted by Gasteiger charge is 2.24. The third kappa shape index (κ3) is 3.14. The molecule has 0 bridgehead atoms. The van der Waals surface area contributed by atoms with Crippen molar-refractivity contribution in [2.75, 3.05) is 31.1 Å². The Balaban J connectivity index is 1.42. The molecule has 1 saturated heterocycles. The molecule has 0 aliphatic carbocycles. The van der Waals surface area contributed by atoms with Crippen molar-refractivity contribution in [2.24, 2.45) is 0 Å². The maximum atomic E-state index is 12.6. The van der Waals surface area contributed by atoms with Gasteiger partial charge in [0.2, 0.25) is 11.9 Å². The van der Waals surface area contributed by atoms with Crippen LogP contribution >= 0.6 is 0 Å². The van der Waals surface area contributed by atoms with E-state index in [1.165, 1.54) is 5.56 Å². The highest BCUT2D eigenvalue weighted by molar-refractivity contribution is 5.79. The molecule has 0 unspecified atom stereocenters. The number of hydrogen-bond acceptors (Lipinski definition) is 4. The first-order chi connectivity index (χ1) is 12.6. The number of nitrogens with zero attached hydrogens (tertiary/aromatic N) is 5. The number of benzene rings is 1. The summed E-state index contributed by atoms with van der Waals surface area (Å²) in [6.07, 6.45) is 0.466. The third-order valence-electron chi connectivity index (χ3n) is 5.00. The Morgan fingerprint density at radius 2 is 1.69 bits per heavy atom. The first kappa shape index (κ1) is 16.6. The van der Waals surface area contributed by atoms with Crippen molar-refractivity contribution in [1.82, 2.24) is 19.5 Å². The van der Waals surface area contributed by atoms with Gasteiger partial charge in [-0.2, -0.15) is 0 Å². The van der Waals surface area contributed by atoms with E-state index in [4.69, 9.17) is 0 Å². The Hall–Kier alpha value is -2.89. The van der Waals surface area contributed by atoms with Crippen molar-refractivity contribution in [1.29, 1.82) is 0 Å². The largest absolute Gasteiger partial charge is 0.339 e. The maximum Gasteiger partial charge on any atom is 0.232 e. The van der Waals surface area contributed by atoms with Crippen molar-refractivity contribution >= 4 is 17.5 Å². The van der Waals surface area contributed by atoms with Crippen LogP contribution in [0.2, 0.25) is 0 Å². The number of fused-ring (bicyclic) bond motifs is 1. The standard InChI is InChI=1S/C20H23N5O/c1-15-6-8-17(9-7-15)14-19(26)23-10-12-24(13-11-23)20-22-21-18-5-3-4-16(2)25(18)20/h3-9H,10-14H2,1-2H3. The van der Waals surface area contributed by atoms with Gasteiger partial charge in [-0.25, -0.2) is 0 Å². The first-order valence-corrected chi connectivity index (χ1v) is 9.01. The predicted molar refractivity (Wildman–Crippen MR) is 101 cm³/mol. The van der Waals surface area contributed by atoms with Crippen LogP contribution in [0.4, 0.5) is 5.95 Å². The van der Waals surface area contributed by atoms with Crippen LogP contribution in [0.5, 0.6) is 0 Å². The molecule has 6 nitrogen and oxygen atoms in total. The fourth-order valence-corrected chi connectivity index (χ4v) is 3.43. The van der Waals surface area contributed by atoms with E-state index in [0.717, 1.165) is 35.9 Å². The number of rotatable bonds is 3. The second kappa shape index (κ2) is 6.78. The van der Waals surface area contributed by atoms with Crippen molar-refractivity contribution < 1.29 is 4.79 Å². The zero-order valence-electron chi connectivity index (χ0n) is 15.2. The molecule has 0 N–H and O–H groups in total. The lowest BCUT2D eigenvalue weighted by Gasteiger charge is -2.35. The molecule has 3 aromatic rings. The normalized spacial score (nSPS) is 14.8. The van der Waals surface area contributed by atoms with Crippen LogP contribution < -0.4 is 4.90 Å². The van der Waals surface area contributed by atoms with E-state index < -0.39 is 0 Å². The number of hydrogen-bond donors (Lipinski definition) is 0. The van der Waals surface area contributed by atoms with Gasteiger partial charge in [-0.15, -0.1) is 10.2 Å². The van der Waals surface area contributed by atoms with Gasteiger partial charge in [0.05, 0.1) is 6.42 Å². The van der Waals surface area contributed by atoms with Crippen molar-refractivity contribution in [3.05, 3.63) is 59.3 Å². The fourth-order valence-electron chi connectivity index (χ4n) is 3.43. The molecule has 0 spiro atoms. The van der Waals surface area contributed by atoms with E-state index in [1.54, 1.807) is 0 Å². The van der Waals surface area contributed by atoms with Crippen molar-refractivity contribution in [3.8, 4) is 0 Å². The zero-order valence-corrected chi connectivity index (χ0v) is 15.2. The molecule has 1 aliphatic rings. The minimum absolute atomic E-state index is 0.191. The molecule has 0 saturated carbocycles. The summed E-state index contributed by atoms with van der Waals surface area (Å²) in [5.41, 5.74) is 4.26. The molecule has 1 fully saturated rings. The van der Waals surface area contributed by atoms with Gasteiger partial charge in [-0.1, -0.05) is 35.9 Å². The number of carbonyl (C=O) groups excluding carboxylic acids is 1.